The number of rotatable bonds is 3. The number of para-hydroxylation sites is 1. The molecular formula is C18H17N3O4S. The Morgan fingerprint density at radius 2 is 1.92 bits per heavy atom. The molecule has 0 bridgehead atoms. The summed E-state index contributed by atoms with van der Waals surface area (Å²) < 4.78 is 23.4. The Hall–Kier alpha value is -2.71. The number of nitro groups is 1. The molecule has 0 spiro atoms. The Balaban J connectivity index is 1.83. The Labute approximate surface area is 150 Å². The summed E-state index contributed by atoms with van der Waals surface area (Å²) >= 11 is 0. The van der Waals surface area contributed by atoms with Gasteiger partial charge < -0.3 is 5.32 Å². The molecule has 2 aromatic rings. The monoisotopic (exact) mass is 371 g/mol. The zero-order valence-corrected chi connectivity index (χ0v) is 14.5. The molecule has 1 aliphatic carbocycles. The van der Waals surface area contributed by atoms with Gasteiger partial charge in [0.2, 0.25) is 10.0 Å². The number of nitrogens with zero attached hydrogens (tertiary/aromatic N) is 1. The molecule has 3 atom stereocenters. The van der Waals surface area contributed by atoms with Crippen molar-refractivity contribution in [1.29, 1.82) is 0 Å². The summed E-state index contributed by atoms with van der Waals surface area (Å²) in [6.07, 6.45) is 4.84. The van der Waals surface area contributed by atoms with Crippen LogP contribution in [0.15, 0.2) is 59.5 Å². The summed E-state index contributed by atoms with van der Waals surface area (Å²) in [5.41, 5.74) is 2.34. The van der Waals surface area contributed by atoms with Gasteiger partial charge in [-0.2, -0.15) is 0 Å². The van der Waals surface area contributed by atoms with Crippen LogP contribution < -0.4 is 10.5 Å². The van der Waals surface area contributed by atoms with Gasteiger partial charge in [0.05, 0.1) is 21.4 Å². The standard InChI is InChI=1S/C18H17N3O4S/c19-26(24,25)11-8-9-16-15(10-11)12-5-3-6-13(12)18(20-16)14-4-1-2-7-17(14)21(22)23/h1-5,7-10,12-13,18,20H,6H2,(H2,19,24,25)/t12-,13+,18+/m1/s1. The first kappa shape index (κ1) is 16.7. The van der Waals surface area contributed by atoms with Gasteiger partial charge in [-0.15, -0.1) is 0 Å². The number of sulfonamides is 1. The van der Waals surface area contributed by atoms with Crippen LogP contribution in [0.2, 0.25) is 0 Å². The number of hydrogen-bond donors (Lipinski definition) is 2. The first-order valence-corrected chi connectivity index (χ1v) is 9.74. The molecule has 0 fully saturated rings. The van der Waals surface area contributed by atoms with E-state index in [1.54, 1.807) is 30.3 Å². The lowest BCUT2D eigenvalue weighted by Gasteiger charge is -2.37. The van der Waals surface area contributed by atoms with E-state index in [-0.39, 0.29) is 33.4 Å². The largest absolute Gasteiger partial charge is 0.377 e. The molecule has 4 rings (SSSR count). The topological polar surface area (TPSA) is 115 Å². The van der Waals surface area contributed by atoms with Crippen LogP contribution in [0.3, 0.4) is 0 Å². The van der Waals surface area contributed by atoms with Gasteiger partial charge in [-0.05, 0) is 36.1 Å². The molecule has 0 unspecified atom stereocenters. The smallest absolute Gasteiger partial charge is 0.274 e. The summed E-state index contributed by atoms with van der Waals surface area (Å²) in [5, 5.41) is 20.1. The van der Waals surface area contributed by atoms with E-state index in [1.807, 2.05) is 12.2 Å². The van der Waals surface area contributed by atoms with Crippen LogP contribution in [-0.4, -0.2) is 13.3 Å². The number of nitrogens with two attached hydrogens (primary N) is 1. The summed E-state index contributed by atoms with van der Waals surface area (Å²) in [6, 6.07) is 11.2. The molecule has 134 valence electrons. The van der Waals surface area contributed by atoms with E-state index in [0.29, 0.717) is 5.56 Å². The maximum atomic E-state index is 11.7. The van der Waals surface area contributed by atoms with Crippen molar-refractivity contribution < 1.29 is 13.3 Å². The zero-order chi connectivity index (χ0) is 18.5. The number of hydrogen-bond acceptors (Lipinski definition) is 5. The number of anilines is 1. The maximum absolute atomic E-state index is 11.7. The summed E-state index contributed by atoms with van der Waals surface area (Å²) in [6.45, 7) is 0. The first-order valence-electron chi connectivity index (χ1n) is 8.19. The minimum atomic E-state index is -3.79. The number of fused-ring (bicyclic) bond motifs is 3. The third kappa shape index (κ3) is 2.67. The predicted octanol–water partition coefficient (Wildman–Crippen LogP) is 3.07. The second-order valence-corrected chi connectivity index (χ2v) is 8.15. The Kier molecular flexibility index (Phi) is 3.82. The van der Waals surface area contributed by atoms with Gasteiger partial charge in [-0.3, -0.25) is 10.1 Å². The molecular weight excluding hydrogens is 354 g/mol. The van der Waals surface area contributed by atoms with Crippen LogP contribution in [0.4, 0.5) is 11.4 Å². The molecule has 1 heterocycles. The third-order valence-corrected chi connectivity index (χ3v) is 6.04. The third-order valence-electron chi connectivity index (χ3n) is 5.13. The van der Waals surface area contributed by atoms with Crippen LogP contribution in [0.25, 0.3) is 0 Å². The molecule has 0 saturated carbocycles. The van der Waals surface area contributed by atoms with E-state index in [1.165, 1.54) is 12.1 Å². The van der Waals surface area contributed by atoms with Crippen molar-refractivity contribution in [3.63, 3.8) is 0 Å². The average Bonchev–Trinajstić information content (AvgIpc) is 3.09. The van der Waals surface area contributed by atoms with Crippen molar-refractivity contribution >= 4 is 21.4 Å². The fourth-order valence-electron chi connectivity index (χ4n) is 3.97. The van der Waals surface area contributed by atoms with Crippen LogP contribution in [-0.2, 0) is 10.0 Å². The average molecular weight is 371 g/mol. The second kappa shape index (κ2) is 5.93. The van der Waals surface area contributed by atoms with Crippen LogP contribution in [0.1, 0.15) is 29.5 Å². The van der Waals surface area contributed by atoms with E-state index in [4.69, 9.17) is 5.14 Å². The SMILES string of the molecule is NS(=O)(=O)c1ccc2c(c1)[C@@H]1C=CC[C@@H]1[C@@H](c1ccccc1[N+](=O)[O-])N2. The minimum absolute atomic E-state index is 0.0160. The Morgan fingerprint density at radius 1 is 1.15 bits per heavy atom. The fourth-order valence-corrected chi connectivity index (χ4v) is 4.52. The summed E-state index contributed by atoms with van der Waals surface area (Å²) in [5.74, 6) is 0.0529. The van der Waals surface area contributed by atoms with Gasteiger partial charge in [-0.1, -0.05) is 30.4 Å². The molecule has 26 heavy (non-hydrogen) atoms. The predicted molar refractivity (Wildman–Crippen MR) is 97.3 cm³/mol. The molecule has 7 nitrogen and oxygen atoms in total. The molecule has 0 amide bonds. The van der Waals surface area contributed by atoms with E-state index in [2.05, 4.69) is 5.32 Å². The zero-order valence-electron chi connectivity index (χ0n) is 13.7. The molecule has 3 N–H and O–H groups in total. The molecule has 8 heteroatoms. The Morgan fingerprint density at radius 3 is 2.65 bits per heavy atom. The van der Waals surface area contributed by atoms with Crippen molar-refractivity contribution in [3.05, 3.63) is 75.9 Å². The van der Waals surface area contributed by atoms with Crippen molar-refractivity contribution in [2.45, 2.75) is 23.3 Å². The van der Waals surface area contributed by atoms with Gasteiger partial charge in [-0.25, -0.2) is 13.6 Å². The molecule has 0 radical (unpaired) electrons. The molecule has 0 saturated heterocycles. The normalized spacial score (nSPS) is 23.8. The number of benzene rings is 2. The minimum Gasteiger partial charge on any atom is -0.377 e. The van der Waals surface area contributed by atoms with Gasteiger partial charge in [0.1, 0.15) is 0 Å². The van der Waals surface area contributed by atoms with E-state index >= 15 is 0 Å². The van der Waals surface area contributed by atoms with E-state index in [9.17, 15) is 18.5 Å². The lowest BCUT2D eigenvalue weighted by Crippen LogP contribution is -2.30. The van der Waals surface area contributed by atoms with Crippen LogP contribution >= 0.6 is 0 Å². The molecule has 2 aromatic carbocycles. The highest BCUT2D eigenvalue weighted by atomic mass is 32.2. The van der Waals surface area contributed by atoms with E-state index < -0.39 is 10.0 Å². The fraction of sp³-hybridized carbons (Fsp3) is 0.222. The Bertz CT molecular complexity index is 1030. The molecule has 1 aliphatic heterocycles. The molecule has 0 aromatic heterocycles. The second-order valence-electron chi connectivity index (χ2n) is 6.59. The van der Waals surface area contributed by atoms with Crippen molar-refractivity contribution in [3.8, 4) is 0 Å². The van der Waals surface area contributed by atoms with Crippen molar-refractivity contribution in [1.82, 2.24) is 0 Å². The highest BCUT2D eigenvalue weighted by Crippen LogP contribution is 2.51. The highest BCUT2D eigenvalue weighted by molar-refractivity contribution is 7.89. The molecule has 2 aliphatic rings. The van der Waals surface area contributed by atoms with Gasteiger partial charge >= 0.3 is 0 Å². The summed E-state index contributed by atoms with van der Waals surface area (Å²) in [4.78, 5) is 11.1. The van der Waals surface area contributed by atoms with Gasteiger partial charge in [0.25, 0.3) is 5.69 Å². The maximum Gasteiger partial charge on any atom is 0.274 e. The van der Waals surface area contributed by atoms with Gasteiger partial charge in [0, 0.05) is 17.7 Å². The van der Waals surface area contributed by atoms with Crippen molar-refractivity contribution in [2.24, 2.45) is 11.1 Å². The van der Waals surface area contributed by atoms with Crippen LogP contribution in [0.5, 0.6) is 0 Å². The number of primary sulfonamides is 1. The quantitative estimate of drug-likeness (QED) is 0.489. The van der Waals surface area contributed by atoms with Crippen LogP contribution in [0, 0.1) is 16.0 Å². The number of allylic oxidation sites excluding steroid dienone is 2. The van der Waals surface area contributed by atoms with Crippen molar-refractivity contribution in [2.75, 3.05) is 5.32 Å². The van der Waals surface area contributed by atoms with Gasteiger partial charge in [0.15, 0.2) is 0 Å². The summed E-state index contributed by atoms with van der Waals surface area (Å²) in [7, 11) is -3.79. The number of nitrogens with one attached hydrogen (secondary N) is 1. The lowest BCUT2D eigenvalue weighted by atomic mass is 9.76. The van der Waals surface area contributed by atoms with E-state index in [0.717, 1.165) is 17.7 Å². The lowest BCUT2D eigenvalue weighted by molar-refractivity contribution is -0.385. The highest BCUT2D eigenvalue weighted by Gasteiger charge is 2.40. The first-order chi connectivity index (χ1) is 12.4. The number of nitro benzene ring substituents is 1.